The molecule has 1 aromatic carbocycles. The number of amides is 1. The largest absolute Gasteiger partial charge is 0.493 e. The predicted octanol–water partition coefficient (Wildman–Crippen LogP) is 2.69. The Morgan fingerprint density at radius 2 is 2.05 bits per heavy atom. The molecule has 0 aliphatic carbocycles. The zero-order valence-electron chi connectivity index (χ0n) is 12.2. The quantitative estimate of drug-likeness (QED) is 0.776. The van der Waals surface area contributed by atoms with E-state index in [-0.39, 0.29) is 5.91 Å². The first-order chi connectivity index (χ1) is 8.97. The lowest BCUT2D eigenvalue weighted by molar-refractivity contribution is 0.0942. The van der Waals surface area contributed by atoms with Crippen LogP contribution in [0.5, 0.6) is 5.75 Å². The molecule has 0 aromatic heterocycles. The van der Waals surface area contributed by atoms with Gasteiger partial charge in [-0.3, -0.25) is 4.79 Å². The fraction of sp³-hybridized carbons (Fsp3) is 0.533. The van der Waals surface area contributed by atoms with Gasteiger partial charge in [0.1, 0.15) is 11.3 Å². The summed E-state index contributed by atoms with van der Waals surface area (Å²) in [6.45, 7) is 9.41. The van der Waals surface area contributed by atoms with Crippen LogP contribution in [-0.2, 0) is 0 Å². The molecule has 4 nitrogen and oxygen atoms in total. The van der Waals surface area contributed by atoms with Crippen molar-refractivity contribution in [3.63, 3.8) is 0 Å². The number of nitrogens with one attached hydrogen (secondary N) is 1. The number of rotatable bonds is 6. The normalized spacial score (nSPS) is 12.3. The standard InChI is InChI=1S/C15H24N2O2/c1-5-19-13-8-6-7-12(16)14(13)15(18)17-9-11(4)10(2)3/h6-8,10-11H,5,9,16H2,1-4H3,(H,17,18). The molecular formula is C15H24N2O2. The zero-order chi connectivity index (χ0) is 14.4. The van der Waals surface area contributed by atoms with E-state index >= 15 is 0 Å². The highest BCUT2D eigenvalue weighted by molar-refractivity contribution is 6.01. The molecule has 19 heavy (non-hydrogen) atoms. The van der Waals surface area contributed by atoms with E-state index in [4.69, 9.17) is 10.5 Å². The van der Waals surface area contributed by atoms with Gasteiger partial charge in [0, 0.05) is 12.2 Å². The van der Waals surface area contributed by atoms with Crippen molar-refractivity contribution in [2.45, 2.75) is 27.7 Å². The van der Waals surface area contributed by atoms with E-state index < -0.39 is 0 Å². The van der Waals surface area contributed by atoms with Crippen LogP contribution in [0.3, 0.4) is 0 Å². The number of carbonyl (C=O) groups excluding carboxylic acids is 1. The van der Waals surface area contributed by atoms with Crippen LogP contribution in [0.4, 0.5) is 5.69 Å². The molecular weight excluding hydrogens is 240 g/mol. The minimum absolute atomic E-state index is 0.172. The molecule has 1 rings (SSSR count). The molecule has 1 aromatic rings. The summed E-state index contributed by atoms with van der Waals surface area (Å²) in [5.41, 5.74) is 6.75. The molecule has 0 radical (unpaired) electrons. The second-order valence-corrected chi connectivity index (χ2v) is 5.08. The first-order valence-electron chi connectivity index (χ1n) is 6.76. The van der Waals surface area contributed by atoms with E-state index in [0.717, 1.165) is 0 Å². The summed E-state index contributed by atoms with van der Waals surface area (Å²) >= 11 is 0. The minimum atomic E-state index is -0.172. The van der Waals surface area contributed by atoms with Crippen LogP contribution in [0.25, 0.3) is 0 Å². The Morgan fingerprint density at radius 1 is 1.37 bits per heavy atom. The second-order valence-electron chi connectivity index (χ2n) is 5.08. The molecule has 1 unspecified atom stereocenters. The van der Waals surface area contributed by atoms with Crippen LogP contribution < -0.4 is 15.8 Å². The highest BCUT2D eigenvalue weighted by Gasteiger charge is 2.17. The van der Waals surface area contributed by atoms with E-state index in [9.17, 15) is 4.79 Å². The summed E-state index contributed by atoms with van der Waals surface area (Å²) in [4.78, 5) is 12.2. The van der Waals surface area contributed by atoms with Crippen molar-refractivity contribution in [1.82, 2.24) is 5.32 Å². The van der Waals surface area contributed by atoms with Gasteiger partial charge in [-0.05, 0) is 30.9 Å². The van der Waals surface area contributed by atoms with Crippen LogP contribution in [0.15, 0.2) is 18.2 Å². The minimum Gasteiger partial charge on any atom is -0.493 e. The van der Waals surface area contributed by atoms with Crippen LogP contribution in [0, 0.1) is 11.8 Å². The number of anilines is 1. The number of hydrogen-bond donors (Lipinski definition) is 2. The Morgan fingerprint density at radius 3 is 2.63 bits per heavy atom. The molecule has 0 saturated carbocycles. The number of nitrogen functional groups attached to an aromatic ring is 1. The molecule has 1 amide bonds. The molecule has 4 heteroatoms. The third kappa shape index (κ3) is 4.16. The van der Waals surface area contributed by atoms with Crippen molar-refractivity contribution in [2.24, 2.45) is 11.8 Å². The summed E-state index contributed by atoms with van der Waals surface area (Å²) in [5.74, 6) is 1.32. The Kier molecular flexibility index (Phi) is 5.67. The lowest BCUT2D eigenvalue weighted by Crippen LogP contribution is -2.31. The average molecular weight is 264 g/mol. The number of carbonyl (C=O) groups is 1. The Balaban J connectivity index is 2.81. The van der Waals surface area contributed by atoms with E-state index in [1.807, 2.05) is 6.92 Å². The van der Waals surface area contributed by atoms with E-state index in [2.05, 4.69) is 26.1 Å². The van der Waals surface area contributed by atoms with Crippen LogP contribution in [0.1, 0.15) is 38.1 Å². The van der Waals surface area contributed by atoms with E-state index in [0.29, 0.717) is 42.0 Å². The van der Waals surface area contributed by atoms with Crippen LogP contribution in [0.2, 0.25) is 0 Å². The topological polar surface area (TPSA) is 64.3 Å². The average Bonchev–Trinajstić information content (AvgIpc) is 2.36. The highest BCUT2D eigenvalue weighted by Crippen LogP contribution is 2.24. The van der Waals surface area contributed by atoms with Gasteiger partial charge in [0.15, 0.2) is 0 Å². The van der Waals surface area contributed by atoms with Crippen molar-refractivity contribution in [3.8, 4) is 5.75 Å². The van der Waals surface area contributed by atoms with Gasteiger partial charge in [-0.25, -0.2) is 0 Å². The van der Waals surface area contributed by atoms with Crippen LogP contribution in [-0.4, -0.2) is 19.1 Å². The lowest BCUT2D eigenvalue weighted by Gasteiger charge is -2.17. The van der Waals surface area contributed by atoms with Gasteiger partial charge in [-0.1, -0.05) is 26.8 Å². The Labute approximate surface area is 115 Å². The molecule has 0 aliphatic heterocycles. The summed E-state index contributed by atoms with van der Waals surface area (Å²) < 4.78 is 5.45. The molecule has 3 N–H and O–H groups in total. The fourth-order valence-electron chi connectivity index (χ4n) is 1.64. The number of ether oxygens (including phenoxy) is 1. The number of nitrogens with two attached hydrogens (primary N) is 1. The number of benzene rings is 1. The highest BCUT2D eigenvalue weighted by atomic mass is 16.5. The molecule has 0 saturated heterocycles. The molecule has 0 aliphatic rings. The first-order valence-corrected chi connectivity index (χ1v) is 6.76. The first kappa shape index (κ1) is 15.3. The predicted molar refractivity (Wildman–Crippen MR) is 78.4 cm³/mol. The molecule has 106 valence electrons. The maximum absolute atomic E-state index is 12.2. The third-order valence-corrected chi connectivity index (χ3v) is 3.31. The van der Waals surface area contributed by atoms with E-state index in [1.54, 1.807) is 18.2 Å². The molecule has 0 fully saturated rings. The number of hydrogen-bond acceptors (Lipinski definition) is 3. The summed E-state index contributed by atoms with van der Waals surface area (Å²) in [7, 11) is 0. The maximum atomic E-state index is 12.2. The van der Waals surface area contributed by atoms with Crippen LogP contribution >= 0.6 is 0 Å². The molecule has 1 atom stereocenters. The van der Waals surface area contributed by atoms with E-state index in [1.165, 1.54) is 0 Å². The molecule has 0 heterocycles. The van der Waals surface area contributed by atoms with Gasteiger partial charge in [-0.2, -0.15) is 0 Å². The maximum Gasteiger partial charge on any atom is 0.257 e. The van der Waals surface area contributed by atoms with Gasteiger partial charge in [0.05, 0.1) is 6.61 Å². The fourth-order valence-corrected chi connectivity index (χ4v) is 1.64. The van der Waals surface area contributed by atoms with Gasteiger partial charge < -0.3 is 15.8 Å². The van der Waals surface area contributed by atoms with Crippen molar-refractivity contribution >= 4 is 11.6 Å². The third-order valence-electron chi connectivity index (χ3n) is 3.31. The molecule has 0 spiro atoms. The Hall–Kier alpha value is -1.71. The summed E-state index contributed by atoms with van der Waals surface area (Å²) in [6, 6.07) is 5.26. The lowest BCUT2D eigenvalue weighted by atomic mass is 9.98. The van der Waals surface area contributed by atoms with Gasteiger partial charge >= 0.3 is 0 Å². The van der Waals surface area contributed by atoms with Crippen molar-refractivity contribution in [2.75, 3.05) is 18.9 Å². The zero-order valence-corrected chi connectivity index (χ0v) is 12.2. The second kappa shape index (κ2) is 7.02. The Bertz CT molecular complexity index is 430. The summed E-state index contributed by atoms with van der Waals surface area (Å²) in [5, 5.41) is 2.92. The monoisotopic (exact) mass is 264 g/mol. The van der Waals surface area contributed by atoms with Crippen molar-refractivity contribution in [3.05, 3.63) is 23.8 Å². The SMILES string of the molecule is CCOc1cccc(N)c1C(=O)NCC(C)C(C)C. The smallest absolute Gasteiger partial charge is 0.257 e. The van der Waals surface area contributed by atoms with Gasteiger partial charge in [-0.15, -0.1) is 0 Å². The van der Waals surface area contributed by atoms with Gasteiger partial charge in [0.25, 0.3) is 5.91 Å². The van der Waals surface area contributed by atoms with Crippen molar-refractivity contribution < 1.29 is 9.53 Å². The summed E-state index contributed by atoms with van der Waals surface area (Å²) in [6.07, 6.45) is 0. The van der Waals surface area contributed by atoms with Gasteiger partial charge in [0.2, 0.25) is 0 Å². The molecule has 0 bridgehead atoms. The van der Waals surface area contributed by atoms with Crippen molar-refractivity contribution in [1.29, 1.82) is 0 Å².